The van der Waals surface area contributed by atoms with Crippen LogP contribution < -0.4 is 15.1 Å². The number of hydrogen-bond acceptors (Lipinski definition) is 8. The fourth-order valence-corrected chi connectivity index (χ4v) is 10.1. The van der Waals surface area contributed by atoms with Crippen LogP contribution in [0.3, 0.4) is 0 Å². The smallest absolute Gasteiger partial charge is 0.255 e. The van der Waals surface area contributed by atoms with Crippen molar-refractivity contribution in [2.24, 2.45) is 5.92 Å². The second kappa shape index (κ2) is 14.4. The van der Waals surface area contributed by atoms with Gasteiger partial charge in [-0.3, -0.25) is 24.6 Å². The van der Waals surface area contributed by atoms with Gasteiger partial charge in [0.05, 0.1) is 12.7 Å². The van der Waals surface area contributed by atoms with Gasteiger partial charge in [0.15, 0.2) is 0 Å². The zero-order valence-corrected chi connectivity index (χ0v) is 31.8. The Morgan fingerprint density at radius 1 is 0.679 bits per heavy atom. The normalized spacial score (nSPS) is 24.0. The van der Waals surface area contributed by atoms with Gasteiger partial charge >= 0.3 is 0 Å². The molecule has 2 N–H and O–H groups in total. The van der Waals surface area contributed by atoms with Gasteiger partial charge in [-0.05, 0) is 119 Å². The van der Waals surface area contributed by atoms with E-state index in [0.717, 1.165) is 69.0 Å². The third kappa shape index (κ3) is 6.52. The molecule has 3 atom stereocenters. The summed E-state index contributed by atoms with van der Waals surface area (Å²) in [6.45, 7) is 8.06. The highest BCUT2D eigenvalue weighted by molar-refractivity contribution is 6.05. The summed E-state index contributed by atoms with van der Waals surface area (Å²) in [6.07, 6.45) is 5.24. The van der Waals surface area contributed by atoms with Crippen LogP contribution in [-0.2, 0) is 40.3 Å². The third-order valence-electron chi connectivity index (χ3n) is 13.4. The highest BCUT2D eigenvalue weighted by Crippen LogP contribution is 2.46. The van der Waals surface area contributed by atoms with Crippen molar-refractivity contribution in [3.63, 3.8) is 0 Å². The molecule has 5 heterocycles. The molecule has 4 aromatic rings. The predicted molar refractivity (Wildman–Crippen MR) is 214 cm³/mol. The number of benzene rings is 4. The largest absolute Gasteiger partial charge is 0.508 e. The number of piperidine rings is 2. The summed E-state index contributed by atoms with van der Waals surface area (Å²) in [5.41, 5.74) is 11.7. The fraction of sp³-hybridized carbons (Fsp3) is 0.413. The molecule has 0 bridgehead atoms. The van der Waals surface area contributed by atoms with Crippen molar-refractivity contribution in [2.45, 2.75) is 69.7 Å². The molecule has 10 heteroatoms. The van der Waals surface area contributed by atoms with Crippen molar-refractivity contribution in [2.75, 3.05) is 55.6 Å². The molecule has 10 nitrogen and oxygen atoms in total. The minimum atomic E-state index is -0.589. The first kappa shape index (κ1) is 35.2. The van der Waals surface area contributed by atoms with Gasteiger partial charge in [0.25, 0.3) is 5.91 Å². The zero-order valence-electron chi connectivity index (χ0n) is 31.8. The van der Waals surface area contributed by atoms with Gasteiger partial charge in [-0.2, -0.15) is 0 Å². The second-order valence-corrected chi connectivity index (χ2v) is 16.7. The average Bonchev–Trinajstić information content (AvgIpc) is 3.53. The van der Waals surface area contributed by atoms with E-state index in [1.165, 1.54) is 52.8 Å². The van der Waals surface area contributed by atoms with Crippen LogP contribution in [0.15, 0.2) is 78.9 Å². The molecule has 3 fully saturated rings. The summed E-state index contributed by atoms with van der Waals surface area (Å²) in [4.78, 5) is 46.5. The third-order valence-corrected chi connectivity index (χ3v) is 13.4. The molecule has 0 aromatic heterocycles. The lowest BCUT2D eigenvalue weighted by atomic mass is 9.78. The van der Waals surface area contributed by atoms with E-state index in [-0.39, 0.29) is 41.9 Å². The van der Waals surface area contributed by atoms with Gasteiger partial charge in [-0.1, -0.05) is 36.4 Å². The van der Waals surface area contributed by atoms with E-state index < -0.39 is 6.04 Å². The number of rotatable bonds is 7. The lowest BCUT2D eigenvalue weighted by Crippen LogP contribution is -2.52. The molecule has 5 aliphatic heterocycles. The number of amides is 3. The van der Waals surface area contributed by atoms with Crippen LogP contribution in [0.5, 0.6) is 5.75 Å². The van der Waals surface area contributed by atoms with Crippen LogP contribution in [0.2, 0.25) is 0 Å². The molecule has 4 aromatic carbocycles. The molecule has 0 radical (unpaired) electrons. The molecule has 1 aliphatic carbocycles. The highest BCUT2D eigenvalue weighted by atomic mass is 16.5. The Kier molecular flexibility index (Phi) is 9.06. The first-order chi connectivity index (χ1) is 27.3. The number of carbonyl (C=O) groups is 3. The number of anilines is 2. The van der Waals surface area contributed by atoms with Gasteiger partial charge in [-0.25, -0.2) is 0 Å². The quantitative estimate of drug-likeness (QED) is 0.232. The molecular weight excluding hydrogens is 703 g/mol. The van der Waals surface area contributed by atoms with Gasteiger partial charge in [0, 0.05) is 81.6 Å². The summed E-state index contributed by atoms with van der Waals surface area (Å²) in [6, 6.07) is 27.3. The monoisotopic (exact) mass is 751 g/mol. The maximum absolute atomic E-state index is 13.2. The minimum Gasteiger partial charge on any atom is -0.508 e. The Bertz CT molecular complexity index is 2190. The summed E-state index contributed by atoms with van der Waals surface area (Å²) >= 11 is 0. The molecular formula is C46H49N5O5. The Morgan fingerprint density at radius 3 is 2.18 bits per heavy atom. The van der Waals surface area contributed by atoms with Crippen molar-refractivity contribution in [1.82, 2.24) is 15.1 Å². The summed E-state index contributed by atoms with van der Waals surface area (Å²) in [5, 5.41) is 12.6. The number of nitrogens with zero attached hydrogens (tertiary/aromatic N) is 4. The van der Waals surface area contributed by atoms with Gasteiger partial charge in [-0.15, -0.1) is 0 Å². The van der Waals surface area contributed by atoms with Crippen molar-refractivity contribution >= 4 is 29.1 Å². The van der Waals surface area contributed by atoms with Gasteiger partial charge in [0.1, 0.15) is 11.8 Å². The SMILES string of the molecule is O=C1CC[C@H](N2Cc3cc(N4CCN(CC5CCN(c6ccc([C@@H]7c8ccc(O)cc8CO[C@@H]7c7ccc8c(c7)CC8)cc6)CC5)CC4)ccc3C2=O)C(=O)N1. The lowest BCUT2D eigenvalue weighted by molar-refractivity contribution is -0.136. The number of fused-ring (bicyclic) bond motifs is 3. The molecule has 0 unspecified atom stereocenters. The number of nitrogens with one attached hydrogen (secondary N) is 1. The lowest BCUT2D eigenvalue weighted by Gasteiger charge is -2.40. The van der Waals surface area contributed by atoms with E-state index >= 15 is 0 Å². The summed E-state index contributed by atoms with van der Waals surface area (Å²) in [7, 11) is 0. The molecule has 10 rings (SSSR count). The zero-order chi connectivity index (χ0) is 37.9. The molecule has 56 heavy (non-hydrogen) atoms. The number of piperazine rings is 1. The molecule has 0 spiro atoms. The second-order valence-electron chi connectivity index (χ2n) is 16.7. The maximum atomic E-state index is 13.2. The molecule has 3 saturated heterocycles. The number of carbonyl (C=O) groups excluding carboxylic acids is 3. The van der Waals surface area contributed by atoms with Crippen LogP contribution in [0.4, 0.5) is 11.4 Å². The number of ether oxygens (including phenoxy) is 1. The number of aryl methyl sites for hydroxylation is 2. The first-order valence-electron chi connectivity index (χ1n) is 20.5. The predicted octanol–water partition coefficient (Wildman–Crippen LogP) is 5.69. The van der Waals surface area contributed by atoms with E-state index in [1.54, 1.807) is 4.90 Å². The van der Waals surface area contributed by atoms with Crippen molar-refractivity contribution in [3.05, 3.63) is 123 Å². The van der Waals surface area contributed by atoms with Gasteiger partial charge in [0.2, 0.25) is 11.8 Å². The van der Waals surface area contributed by atoms with Crippen LogP contribution in [0.25, 0.3) is 0 Å². The Hall–Kier alpha value is -5.19. The number of phenolic OH excluding ortho intramolecular Hbond substituents is 1. The molecule has 288 valence electrons. The Morgan fingerprint density at radius 2 is 1.43 bits per heavy atom. The first-order valence-corrected chi connectivity index (χ1v) is 20.5. The van der Waals surface area contributed by atoms with E-state index in [4.69, 9.17) is 4.74 Å². The van der Waals surface area contributed by atoms with Gasteiger partial charge < -0.3 is 24.5 Å². The topological polar surface area (TPSA) is 106 Å². The molecule has 3 amide bonds. The molecule has 6 aliphatic rings. The Balaban J connectivity index is 0.737. The van der Waals surface area contributed by atoms with Crippen LogP contribution in [0.1, 0.15) is 87.0 Å². The number of phenols is 1. The summed E-state index contributed by atoms with van der Waals surface area (Å²) in [5.74, 6) is 0.251. The number of hydrogen-bond donors (Lipinski definition) is 2. The average molecular weight is 752 g/mol. The van der Waals surface area contributed by atoms with Crippen LogP contribution in [0, 0.1) is 5.92 Å². The standard InChI is InChI=1S/C46H49N5O5/c52-38-10-12-39-35(25-38)28-56-44(33-4-2-30-1-3-32(30)23-33)43(39)31-5-7-36(8-6-31)49-17-15-29(16-18-49)26-48-19-21-50(22-20-48)37-9-11-40-34(24-37)27-51(46(40)55)41-13-14-42(53)47-45(41)54/h2,4-12,23-25,29,41,43-44,52H,1,3,13-22,26-28H2,(H,47,53,54)/t41-,43+,44+/m0/s1. The van der Waals surface area contributed by atoms with E-state index in [1.807, 2.05) is 24.3 Å². The number of aromatic hydroxyl groups is 1. The number of imide groups is 1. The maximum Gasteiger partial charge on any atom is 0.255 e. The summed E-state index contributed by atoms with van der Waals surface area (Å²) < 4.78 is 6.57. The molecule has 0 saturated carbocycles. The van der Waals surface area contributed by atoms with Crippen molar-refractivity contribution in [1.29, 1.82) is 0 Å². The minimum absolute atomic E-state index is 0.0555. The van der Waals surface area contributed by atoms with Crippen molar-refractivity contribution < 1.29 is 24.2 Å². The van der Waals surface area contributed by atoms with E-state index in [2.05, 4.69) is 74.6 Å². The van der Waals surface area contributed by atoms with E-state index in [9.17, 15) is 19.5 Å². The highest BCUT2D eigenvalue weighted by Gasteiger charge is 2.40. The Labute approximate surface area is 328 Å². The van der Waals surface area contributed by atoms with Crippen LogP contribution in [-0.4, -0.2) is 84.5 Å². The fourth-order valence-electron chi connectivity index (χ4n) is 10.1. The van der Waals surface area contributed by atoms with E-state index in [0.29, 0.717) is 31.1 Å². The van der Waals surface area contributed by atoms with Crippen molar-refractivity contribution in [3.8, 4) is 5.75 Å². The van der Waals surface area contributed by atoms with Crippen LogP contribution >= 0.6 is 0 Å².